The van der Waals surface area contributed by atoms with Crippen LogP contribution in [0.5, 0.6) is 11.5 Å². The standard InChI is InChI=1S/C24H32N2O3/c1-26-15-5-7-20(24(26)19-10-12-21(28-2)13-11-19)17-25-23(27)14-9-18-6-4-8-22(16-18)29-3/h4,6,8,10-13,16,20,24H,5,7,9,14-15,17H2,1-3H3,(H,25,27). The maximum atomic E-state index is 12.4. The molecule has 5 heteroatoms. The maximum Gasteiger partial charge on any atom is 0.220 e. The Bertz CT molecular complexity index is 791. The predicted octanol–water partition coefficient (Wildman–Crippen LogP) is 3.84. The smallest absolute Gasteiger partial charge is 0.220 e. The van der Waals surface area contributed by atoms with Crippen molar-refractivity contribution in [3.05, 3.63) is 59.7 Å². The summed E-state index contributed by atoms with van der Waals surface area (Å²) in [5.41, 5.74) is 2.40. The first-order chi connectivity index (χ1) is 14.1. The van der Waals surface area contributed by atoms with Gasteiger partial charge in [0.15, 0.2) is 0 Å². The van der Waals surface area contributed by atoms with E-state index in [0.717, 1.165) is 42.9 Å². The molecule has 3 rings (SSSR count). The number of ether oxygens (including phenoxy) is 2. The highest BCUT2D eigenvalue weighted by Gasteiger charge is 2.30. The summed E-state index contributed by atoms with van der Waals surface area (Å²) >= 11 is 0. The Morgan fingerprint density at radius 1 is 1.10 bits per heavy atom. The lowest BCUT2D eigenvalue weighted by atomic mass is 9.85. The van der Waals surface area contributed by atoms with Crippen molar-refractivity contribution in [2.45, 2.75) is 31.7 Å². The Hall–Kier alpha value is -2.53. The van der Waals surface area contributed by atoms with Gasteiger partial charge in [-0.3, -0.25) is 9.69 Å². The van der Waals surface area contributed by atoms with Crippen molar-refractivity contribution >= 4 is 5.91 Å². The molecule has 2 aromatic rings. The molecule has 2 unspecified atom stereocenters. The van der Waals surface area contributed by atoms with Gasteiger partial charge in [0.25, 0.3) is 0 Å². The Morgan fingerprint density at radius 3 is 2.59 bits per heavy atom. The van der Waals surface area contributed by atoms with E-state index in [2.05, 4.69) is 29.4 Å². The van der Waals surface area contributed by atoms with Gasteiger partial charge in [0.1, 0.15) is 11.5 Å². The van der Waals surface area contributed by atoms with Crippen molar-refractivity contribution in [3.8, 4) is 11.5 Å². The molecule has 0 saturated carbocycles. The second-order valence-electron chi connectivity index (χ2n) is 7.76. The van der Waals surface area contributed by atoms with Crippen molar-refractivity contribution in [2.75, 3.05) is 34.4 Å². The highest BCUT2D eigenvalue weighted by molar-refractivity contribution is 5.76. The number of carbonyl (C=O) groups is 1. The molecular formula is C24H32N2O3. The number of hydrogen-bond donors (Lipinski definition) is 1. The third-order valence-corrected chi connectivity index (χ3v) is 5.80. The minimum Gasteiger partial charge on any atom is -0.497 e. The highest BCUT2D eigenvalue weighted by atomic mass is 16.5. The van der Waals surface area contributed by atoms with E-state index in [1.54, 1.807) is 14.2 Å². The van der Waals surface area contributed by atoms with Crippen LogP contribution in [0, 0.1) is 5.92 Å². The monoisotopic (exact) mass is 396 g/mol. The number of nitrogens with one attached hydrogen (secondary N) is 1. The first kappa shape index (κ1) is 21.2. The Balaban J connectivity index is 1.56. The van der Waals surface area contributed by atoms with Crippen molar-refractivity contribution in [2.24, 2.45) is 5.92 Å². The summed E-state index contributed by atoms with van der Waals surface area (Å²) < 4.78 is 10.5. The first-order valence-electron chi connectivity index (χ1n) is 10.3. The van der Waals surface area contributed by atoms with E-state index in [1.807, 2.05) is 36.4 Å². The maximum absolute atomic E-state index is 12.4. The number of benzene rings is 2. The van der Waals surface area contributed by atoms with E-state index >= 15 is 0 Å². The fourth-order valence-corrected chi connectivity index (χ4v) is 4.22. The average molecular weight is 397 g/mol. The number of rotatable bonds is 8. The van der Waals surface area contributed by atoms with Gasteiger partial charge in [0.2, 0.25) is 5.91 Å². The van der Waals surface area contributed by atoms with Crippen molar-refractivity contribution in [3.63, 3.8) is 0 Å². The fraction of sp³-hybridized carbons (Fsp3) is 0.458. The van der Waals surface area contributed by atoms with Gasteiger partial charge in [-0.15, -0.1) is 0 Å². The van der Waals surface area contributed by atoms with Gasteiger partial charge in [-0.05, 0) is 74.2 Å². The predicted molar refractivity (Wildman–Crippen MR) is 115 cm³/mol. The zero-order valence-electron chi connectivity index (χ0n) is 17.7. The second kappa shape index (κ2) is 10.3. The molecule has 0 radical (unpaired) electrons. The second-order valence-corrected chi connectivity index (χ2v) is 7.76. The zero-order chi connectivity index (χ0) is 20.6. The molecule has 1 saturated heterocycles. The van der Waals surface area contributed by atoms with Crippen LogP contribution >= 0.6 is 0 Å². The molecule has 0 aliphatic carbocycles. The SMILES string of the molecule is COc1ccc(C2C(CNC(=O)CCc3cccc(OC)c3)CCCN2C)cc1. The van der Waals surface area contributed by atoms with Crippen LogP contribution in [0.1, 0.15) is 36.4 Å². The summed E-state index contributed by atoms with van der Waals surface area (Å²) in [5, 5.41) is 3.17. The molecule has 1 aliphatic heterocycles. The largest absolute Gasteiger partial charge is 0.497 e. The minimum atomic E-state index is 0.106. The number of amides is 1. The number of methoxy groups -OCH3 is 2. The third-order valence-electron chi connectivity index (χ3n) is 5.80. The molecule has 2 atom stereocenters. The van der Waals surface area contributed by atoms with Crippen LogP contribution in [0.4, 0.5) is 0 Å². The number of likely N-dealkylation sites (tertiary alicyclic amines) is 1. The van der Waals surface area contributed by atoms with Crippen LogP contribution in [-0.4, -0.2) is 45.2 Å². The van der Waals surface area contributed by atoms with Crippen LogP contribution in [0.15, 0.2) is 48.5 Å². The Morgan fingerprint density at radius 2 is 1.86 bits per heavy atom. The van der Waals surface area contributed by atoms with E-state index in [-0.39, 0.29) is 5.91 Å². The number of hydrogen-bond acceptors (Lipinski definition) is 4. The van der Waals surface area contributed by atoms with Crippen LogP contribution in [0.2, 0.25) is 0 Å². The topological polar surface area (TPSA) is 50.8 Å². The average Bonchev–Trinajstić information content (AvgIpc) is 2.76. The lowest BCUT2D eigenvalue weighted by molar-refractivity contribution is -0.121. The van der Waals surface area contributed by atoms with Gasteiger partial charge in [-0.2, -0.15) is 0 Å². The molecule has 1 N–H and O–H groups in total. The van der Waals surface area contributed by atoms with Crippen LogP contribution in [-0.2, 0) is 11.2 Å². The molecule has 0 spiro atoms. The molecule has 1 aliphatic rings. The van der Waals surface area contributed by atoms with Gasteiger partial charge in [0, 0.05) is 19.0 Å². The van der Waals surface area contributed by atoms with Gasteiger partial charge in [-0.25, -0.2) is 0 Å². The summed E-state index contributed by atoms with van der Waals surface area (Å²) in [5.74, 6) is 2.21. The lowest BCUT2D eigenvalue weighted by Gasteiger charge is -2.39. The summed E-state index contributed by atoms with van der Waals surface area (Å²) in [6.45, 7) is 1.79. The van der Waals surface area contributed by atoms with E-state index < -0.39 is 0 Å². The molecule has 29 heavy (non-hydrogen) atoms. The quantitative estimate of drug-likeness (QED) is 0.737. The van der Waals surface area contributed by atoms with E-state index in [0.29, 0.717) is 24.9 Å². The Labute approximate surface area is 174 Å². The summed E-state index contributed by atoms with van der Waals surface area (Å²) in [4.78, 5) is 14.9. The molecule has 2 aromatic carbocycles. The minimum absolute atomic E-state index is 0.106. The normalized spacial score (nSPS) is 19.6. The van der Waals surface area contributed by atoms with Gasteiger partial charge < -0.3 is 14.8 Å². The molecule has 0 aromatic heterocycles. The number of nitrogens with zero attached hydrogens (tertiary/aromatic N) is 1. The van der Waals surface area contributed by atoms with E-state index in [1.165, 1.54) is 5.56 Å². The lowest BCUT2D eigenvalue weighted by Crippen LogP contribution is -2.41. The van der Waals surface area contributed by atoms with Crippen molar-refractivity contribution in [1.82, 2.24) is 10.2 Å². The molecule has 1 amide bonds. The van der Waals surface area contributed by atoms with Gasteiger partial charge in [-0.1, -0.05) is 24.3 Å². The van der Waals surface area contributed by atoms with Crippen LogP contribution < -0.4 is 14.8 Å². The molecular weight excluding hydrogens is 364 g/mol. The molecule has 1 heterocycles. The summed E-state index contributed by atoms with van der Waals surface area (Å²) in [6, 6.07) is 16.5. The van der Waals surface area contributed by atoms with E-state index in [4.69, 9.17) is 9.47 Å². The third kappa shape index (κ3) is 5.73. The molecule has 156 valence electrons. The molecule has 5 nitrogen and oxygen atoms in total. The van der Waals surface area contributed by atoms with Crippen molar-refractivity contribution < 1.29 is 14.3 Å². The zero-order valence-corrected chi connectivity index (χ0v) is 17.7. The van der Waals surface area contributed by atoms with E-state index in [9.17, 15) is 4.79 Å². The highest BCUT2D eigenvalue weighted by Crippen LogP contribution is 2.35. The number of aryl methyl sites for hydroxylation is 1. The fourth-order valence-electron chi connectivity index (χ4n) is 4.22. The number of piperidine rings is 1. The van der Waals surface area contributed by atoms with Gasteiger partial charge >= 0.3 is 0 Å². The Kier molecular flexibility index (Phi) is 7.53. The summed E-state index contributed by atoms with van der Waals surface area (Å²) in [7, 11) is 5.52. The molecule has 1 fully saturated rings. The van der Waals surface area contributed by atoms with Crippen LogP contribution in [0.25, 0.3) is 0 Å². The first-order valence-corrected chi connectivity index (χ1v) is 10.3. The van der Waals surface area contributed by atoms with Crippen LogP contribution in [0.3, 0.4) is 0 Å². The number of carbonyl (C=O) groups excluding carboxylic acids is 1. The van der Waals surface area contributed by atoms with Gasteiger partial charge in [0.05, 0.1) is 14.2 Å². The van der Waals surface area contributed by atoms with Crippen molar-refractivity contribution in [1.29, 1.82) is 0 Å². The summed E-state index contributed by atoms with van der Waals surface area (Å²) in [6.07, 6.45) is 3.49. The molecule has 0 bridgehead atoms.